The van der Waals surface area contributed by atoms with E-state index >= 15 is 0 Å². The second kappa shape index (κ2) is 6.64. The lowest BCUT2D eigenvalue weighted by Crippen LogP contribution is -2.37. The van der Waals surface area contributed by atoms with E-state index in [1.54, 1.807) is 14.2 Å². The number of nitrogens with one attached hydrogen (secondary N) is 1. The third-order valence-corrected chi connectivity index (χ3v) is 3.20. The number of ether oxygens (including phenoxy) is 2. The van der Waals surface area contributed by atoms with E-state index in [4.69, 9.17) is 9.47 Å². The van der Waals surface area contributed by atoms with E-state index in [2.05, 4.69) is 5.32 Å². The number of amides is 1. The van der Waals surface area contributed by atoms with Gasteiger partial charge in [-0.15, -0.1) is 0 Å². The summed E-state index contributed by atoms with van der Waals surface area (Å²) in [6.45, 7) is 7.77. The lowest BCUT2D eigenvalue weighted by Gasteiger charge is -2.24. The van der Waals surface area contributed by atoms with E-state index in [1.165, 1.54) is 0 Å². The SMILES string of the molecule is CC[C@H](NC(=O)C(C)(C)C)c1ccc(OC)c(OC)c1. The van der Waals surface area contributed by atoms with Crippen molar-refractivity contribution >= 4 is 5.91 Å². The van der Waals surface area contributed by atoms with Crippen LogP contribution >= 0.6 is 0 Å². The Morgan fingerprint density at radius 3 is 2.25 bits per heavy atom. The molecule has 1 N–H and O–H groups in total. The summed E-state index contributed by atoms with van der Waals surface area (Å²) in [5, 5.41) is 3.08. The van der Waals surface area contributed by atoms with Gasteiger partial charge in [0, 0.05) is 5.41 Å². The number of hydrogen-bond donors (Lipinski definition) is 1. The zero-order chi connectivity index (χ0) is 15.3. The molecule has 0 fully saturated rings. The minimum atomic E-state index is -0.399. The molecule has 112 valence electrons. The first-order chi connectivity index (χ1) is 9.33. The summed E-state index contributed by atoms with van der Waals surface area (Å²) in [4.78, 5) is 12.1. The summed E-state index contributed by atoms with van der Waals surface area (Å²) in [7, 11) is 3.21. The molecule has 0 aromatic heterocycles. The van der Waals surface area contributed by atoms with Crippen LogP contribution in [0.15, 0.2) is 18.2 Å². The van der Waals surface area contributed by atoms with E-state index in [-0.39, 0.29) is 11.9 Å². The fraction of sp³-hybridized carbons (Fsp3) is 0.562. The maximum atomic E-state index is 12.1. The van der Waals surface area contributed by atoms with Crippen LogP contribution in [0.4, 0.5) is 0 Å². The lowest BCUT2D eigenvalue weighted by atomic mass is 9.94. The van der Waals surface area contributed by atoms with Gasteiger partial charge in [0.2, 0.25) is 5.91 Å². The van der Waals surface area contributed by atoms with Gasteiger partial charge in [-0.2, -0.15) is 0 Å². The predicted molar refractivity (Wildman–Crippen MR) is 80.2 cm³/mol. The molecular weight excluding hydrogens is 254 g/mol. The number of carbonyl (C=O) groups is 1. The van der Waals surface area contributed by atoms with Crippen LogP contribution in [0.3, 0.4) is 0 Å². The average molecular weight is 279 g/mol. The molecule has 0 bridgehead atoms. The Morgan fingerprint density at radius 2 is 1.80 bits per heavy atom. The fourth-order valence-electron chi connectivity index (χ4n) is 1.87. The van der Waals surface area contributed by atoms with Crippen molar-refractivity contribution in [2.45, 2.75) is 40.2 Å². The van der Waals surface area contributed by atoms with Gasteiger partial charge in [0.15, 0.2) is 11.5 Å². The van der Waals surface area contributed by atoms with Crippen molar-refractivity contribution < 1.29 is 14.3 Å². The monoisotopic (exact) mass is 279 g/mol. The molecule has 0 aliphatic heterocycles. The molecule has 0 saturated carbocycles. The van der Waals surface area contributed by atoms with Crippen LogP contribution in [0.5, 0.6) is 11.5 Å². The second-order valence-electron chi connectivity index (χ2n) is 5.80. The zero-order valence-electron chi connectivity index (χ0n) is 13.2. The van der Waals surface area contributed by atoms with Crippen LogP contribution in [0, 0.1) is 5.41 Å². The Bertz CT molecular complexity index is 463. The maximum absolute atomic E-state index is 12.1. The van der Waals surface area contributed by atoms with Crippen molar-refractivity contribution in [2.24, 2.45) is 5.41 Å². The summed E-state index contributed by atoms with van der Waals surface area (Å²) in [6, 6.07) is 5.70. The molecular formula is C16H25NO3. The van der Waals surface area contributed by atoms with Gasteiger partial charge >= 0.3 is 0 Å². The number of methoxy groups -OCH3 is 2. The highest BCUT2D eigenvalue weighted by atomic mass is 16.5. The van der Waals surface area contributed by atoms with Crippen molar-refractivity contribution in [3.63, 3.8) is 0 Å². The standard InChI is InChI=1S/C16H25NO3/c1-7-12(17-15(18)16(2,3)4)11-8-9-13(19-5)14(10-11)20-6/h8-10,12H,7H2,1-6H3,(H,17,18)/t12-/m0/s1. The average Bonchev–Trinajstić information content (AvgIpc) is 2.42. The number of rotatable bonds is 5. The van der Waals surface area contributed by atoms with E-state index < -0.39 is 5.41 Å². The van der Waals surface area contributed by atoms with Gasteiger partial charge in [0.1, 0.15) is 0 Å². The van der Waals surface area contributed by atoms with E-state index in [1.807, 2.05) is 45.9 Å². The Hall–Kier alpha value is -1.71. The first-order valence-electron chi connectivity index (χ1n) is 6.86. The molecule has 1 aromatic rings. The lowest BCUT2D eigenvalue weighted by molar-refractivity contribution is -0.129. The van der Waals surface area contributed by atoms with Gasteiger partial charge < -0.3 is 14.8 Å². The molecule has 0 radical (unpaired) electrons. The van der Waals surface area contributed by atoms with E-state index in [9.17, 15) is 4.79 Å². The second-order valence-corrected chi connectivity index (χ2v) is 5.80. The highest BCUT2D eigenvalue weighted by molar-refractivity contribution is 5.81. The summed E-state index contributed by atoms with van der Waals surface area (Å²) in [5.74, 6) is 1.40. The first-order valence-corrected chi connectivity index (χ1v) is 6.86. The quantitative estimate of drug-likeness (QED) is 0.899. The largest absolute Gasteiger partial charge is 0.493 e. The Kier molecular flexibility index (Phi) is 5.43. The van der Waals surface area contributed by atoms with Crippen LogP contribution in [0.1, 0.15) is 45.7 Å². The molecule has 0 aliphatic carbocycles. The minimum absolute atomic E-state index is 0.0264. The normalized spacial score (nSPS) is 12.7. The molecule has 20 heavy (non-hydrogen) atoms. The van der Waals surface area contributed by atoms with Crippen LogP contribution in [0.2, 0.25) is 0 Å². The van der Waals surface area contributed by atoms with Gasteiger partial charge in [-0.05, 0) is 24.1 Å². The topological polar surface area (TPSA) is 47.6 Å². The molecule has 1 atom stereocenters. The van der Waals surface area contributed by atoms with Gasteiger partial charge in [-0.3, -0.25) is 4.79 Å². The Morgan fingerprint density at radius 1 is 1.20 bits per heavy atom. The fourth-order valence-corrected chi connectivity index (χ4v) is 1.87. The van der Waals surface area contributed by atoms with Gasteiger partial charge in [-0.25, -0.2) is 0 Å². The molecule has 0 saturated heterocycles. The van der Waals surface area contributed by atoms with E-state index in [0.29, 0.717) is 11.5 Å². The molecule has 1 amide bonds. The first kappa shape index (κ1) is 16.3. The van der Waals surface area contributed by atoms with Crippen LogP contribution in [-0.2, 0) is 4.79 Å². The Labute approximate surface area is 121 Å². The summed E-state index contributed by atoms with van der Waals surface area (Å²) >= 11 is 0. The van der Waals surface area contributed by atoms with Crippen LogP contribution < -0.4 is 14.8 Å². The summed E-state index contributed by atoms with van der Waals surface area (Å²) in [6.07, 6.45) is 0.817. The number of hydrogen-bond acceptors (Lipinski definition) is 3. The molecule has 0 unspecified atom stereocenters. The smallest absolute Gasteiger partial charge is 0.225 e. The Balaban J connectivity index is 2.98. The minimum Gasteiger partial charge on any atom is -0.493 e. The van der Waals surface area contributed by atoms with Gasteiger partial charge in [-0.1, -0.05) is 33.8 Å². The van der Waals surface area contributed by atoms with Crippen molar-refractivity contribution in [3.8, 4) is 11.5 Å². The molecule has 1 rings (SSSR count). The van der Waals surface area contributed by atoms with Crippen LogP contribution in [-0.4, -0.2) is 20.1 Å². The summed E-state index contributed by atoms with van der Waals surface area (Å²) < 4.78 is 10.5. The van der Waals surface area contributed by atoms with Crippen molar-refractivity contribution in [3.05, 3.63) is 23.8 Å². The van der Waals surface area contributed by atoms with Gasteiger partial charge in [0.05, 0.1) is 20.3 Å². The van der Waals surface area contributed by atoms with Crippen molar-refractivity contribution in [1.82, 2.24) is 5.32 Å². The molecule has 0 heterocycles. The third-order valence-electron chi connectivity index (χ3n) is 3.20. The predicted octanol–water partition coefficient (Wildman–Crippen LogP) is 3.32. The highest BCUT2D eigenvalue weighted by Crippen LogP contribution is 2.31. The maximum Gasteiger partial charge on any atom is 0.225 e. The van der Waals surface area contributed by atoms with Crippen molar-refractivity contribution in [1.29, 1.82) is 0 Å². The zero-order valence-corrected chi connectivity index (χ0v) is 13.2. The van der Waals surface area contributed by atoms with Crippen molar-refractivity contribution in [2.75, 3.05) is 14.2 Å². The molecule has 1 aromatic carbocycles. The molecule has 0 aliphatic rings. The van der Waals surface area contributed by atoms with Gasteiger partial charge in [0.25, 0.3) is 0 Å². The number of carbonyl (C=O) groups excluding carboxylic acids is 1. The van der Waals surface area contributed by atoms with E-state index in [0.717, 1.165) is 12.0 Å². The third kappa shape index (κ3) is 3.89. The summed E-state index contributed by atoms with van der Waals surface area (Å²) in [5.41, 5.74) is 0.618. The van der Waals surface area contributed by atoms with Crippen LogP contribution in [0.25, 0.3) is 0 Å². The highest BCUT2D eigenvalue weighted by Gasteiger charge is 2.24. The number of benzene rings is 1. The molecule has 0 spiro atoms. The molecule has 4 heteroatoms. The molecule has 4 nitrogen and oxygen atoms in total.